The van der Waals surface area contributed by atoms with E-state index in [0.29, 0.717) is 30.4 Å². The predicted octanol–water partition coefficient (Wildman–Crippen LogP) is 2.07. The summed E-state index contributed by atoms with van der Waals surface area (Å²) in [6.45, 7) is 1.42. The topological polar surface area (TPSA) is 74.4 Å². The first-order chi connectivity index (χ1) is 10.7. The molecule has 2 aromatic rings. The van der Waals surface area contributed by atoms with Gasteiger partial charge < -0.3 is 24.9 Å². The summed E-state index contributed by atoms with van der Waals surface area (Å²) in [5.74, 6) is 2.26. The smallest absolute Gasteiger partial charge is 0.212 e. The lowest BCUT2D eigenvalue weighted by atomic mass is 10.0. The van der Waals surface area contributed by atoms with Crippen LogP contribution in [-0.2, 0) is 6.42 Å². The molecule has 0 bridgehead atoms. The lowest BCUT2D eigenvalue weighted by Crippen LogP contribution is -2.26. The molecule has 0 unspecified atom stereocenters. The summed E-state index contributed by atoms with van der Waals surface area (Å²) < 4.78 is 19.5. The number of nitrogens with one attached hydrogen (secondary N) is 1. The summed E-state index contributed by atoms with van der Waals surface area (Å²) in [4.78, 5) is 3.02. The van der Waals surface area contributed by atoms with Crippen LogP contribution < -0.4 is 19.9 Å². The molecule has 0 saturated carbocycles. The number of benzene rings is 1. The fraction of sp³-hybridized carbons (Fsp3) is 0.400. The summed E-state index contributed by atoms with van der Waals surface area (Å²) in [6.07, 6.45) is 2.57. The Hall–Kier alpha value is -1.99. The van der Waals surface area contributed by atoms with E-state index in [-0.39, 0.29) is 6.04 Å². The van der Waals surface area contributed by atoms with Crippen molar-refractivity contribution in [3.05, 3.63) is 34.7 Å². The lowest BCUT2D eigenvalue weighted by Gasteiger charge is -2.28. The quantitative estimate of drug-likeness (QED) is 0.825. The number of aromatic nitrogens is 2. The maximum atomic E-state index is 5.91. The van der Waals surface area contributed by atoms with Crippen LogP contribution in [0.5, 0.6) is 17.4 Å². The highest BCUT2D eigenvalue weighted by Crippen LogP contribution is 2.38. The first kappa shape index (κ1) is 14.9. The van der Waals surface area contributed by atoms with E-state index in [1.807, 2.05) is 22.8 Å². The van der Waals surface area contributed by atoms with Gasteiger partial charge in [-0.2, -0.15) is 0 Å². The number of nitrogens with zero attached hydrogens (tertiary/aromatic N) is 1. The molecule has 3 rings (SSSR count). The highest BCUT2D eigenvalue weighted by molar-refractivity contribution is 7.71. The normalized spacial score (nSPS) is 16.7. The molecule has 6 nitrogen and oxygen atoms in total. The molecule has 1 aliphatic rings. The van der Waals surface area contributed by atoms with Crippen LogP contribution in [0.1, 0.15) is 11.6 Å². The Morgan fingerprint density at radius 3 is 3.14 bits per heavy atom. The number of rotatable bonds is 5. The van der Waals surface area contributed by atoms with Crippen LogP contribution in [0.3, 0.4) is 0 Å². The molecule has 1 aromatic heterocycles. The van der Waals surface area contributed by atoms with Gasteiger partial charge in [0, 0.05) is 18.5 Å². The number of hydrogen-bond donors (Lipinski definition) is 2. The predicted molar refractivity (Wildman–Crippen MR) is 85.4 cm³/mol. The summed E-state index contributed by atoms with van der Waals surface area (Å²) >= 11 is 5.37. The number of ether oxygens (including phenoxy) is 3. The van der Waals surface area contributed by atoms with Gasteiger partial charge in [0.15, 0.2) is 16.3 Å². The van der Waals surface area contributed by atoms with Crippen LogP contribution in [-0.4, -0.2) is 36.4 Å². The summed E-state index contributed by atoms with van der Waals surface area (Å²) in [5.41, 5.74) is 6.60. The van der Waals surface area contributed by atoms with Crippen LogP contribution in [0, 0.1) is 4.77 Å². The summed E-state index contributed by atoms with van der Waals surface area (Å²) in [6, 6.07) is 5.98. The zero-order chi connectivity index (χ0) is 15.5. The van der Waals surface area contributed by atoms with Gasteiger partial charge >= 0.3 is 0 Å². The van der Waals surface area contributed by atoms with Crippen molar-refractivity contribution in [1.29, 1.82) is 0 Å². The third-order valence-electron chi connectivity index (χ3n) is 3.66. The van der Waals surface area contributed by atoms with Crippen LogP contribution in [0.2, 0.25) is 0 Å². The van der Waals surface area contributed by atoms with E-state index in [1.165, 1.54) is 0 Å². The minimum absolute atomic E-state index is 0.0751. The Morgan fingerprint density at radius 2 is 2.36 bits per heavy atom. The number of imidazole rings is 1. The number of para-hydroxylation sites is 1. The maximum Gasteiger partial charge on any atom is 0.212 e. The minimum Gasteiger partial charge on any atom is -0.493 e. The number of hydrogen-bond acceptors (Lipinski definition) is 5. The molecule has 0 radical (unpaired) electrons. The van der Waals surface area contributed by atoms with Crippen LogP contribution >= 0.6 is 12.2 Å². The molecule has 0 saturated heterocycles. The Labute approximate surface area is 133 Å². The summed E-state index contributed by atoms with van der Waals surface area (Å²) in [5, 5.41) is 0. The Morgan fingerprint density at radius 1 is 1.50 bits per heavy atom. The van der Waals surface area contributed by atoms with Gasteiger partial charge in [-0.05, 0) is 18.3 Å². The van der Waals surface area contributed by atoms with Crippen molar-refractivity contribution >= 4 is 12.2 Å². The molecule has 1 aromatic carbocycles. The van der Waals surface area contributed by atoms with E-state index in [1.54, 1.807) is 13.3 Å². The largest absolute Gasteiger partial charge is 0.493 e. The number of methoxy groups -OCH3 is 1. The fourth-order valence-electron chi connectivity index (χ4n) is 2.69. The molecule has 1 atom stereocenters. The second-order valence-corrected chi connectivity index (χ2v) is 5.44. The number of nitrogens with two attached hydrogens (primary N) is 1. The zero-order valence-corrected chi connectivity index (χ0v) is 13.2. The van der Waals surface area contributed by atoms with Gasteiger partial charge in [-0.1, -0.05) is 12.1 Å². The molecule has 3 N–H and O–H groups in total. The molecular formula is C15H19N3O3S. The van der Waals surface area contributed by atoms with Gasteiger partial charge in [0.1, 0.15) is 13.2 Å². The van der Waals surface area contributed by atoms with Crippen molar-refractivity contribution in [2.75, 3.05) is 26.9 Å². The molecule has 2 heterocycles. The van der Waals surface area contributed by atoms with E-state index in [0.717, 1.165) is 23.5 Å². The maximum absolute atomic E-state index is 5.91. The van der Waals surface area contributed by atoms with Gasteiger partial charge in [0.25, 0.3) is 0 Å². The molecule has 118 valence electrons. The zero-order valence-electron chi connectivity index (χ0n) is 12.4. The van der Waals surface area contributed by atoms with E-state index < -0.39 is 0 Å². The minimum atomic E-state index is 0.0751. The Kier molecular flexibility index (Phi) is 4.35. The molecular weight excluding hydrogens is 302 g/mol. The first-order valence-corrected chi connectivity index (χ1v) is 7.57. The lowest BCUT2D eigenvalue weighted by molar-refractivity contribution is 0.197. The van der Waals surface area contributed by atoms with Gasteiger partial charge in [-0.25, -0.2) is 0 Å². The van der Waals surface area contributed by atoms with E-state index in [4.69, 9.17) is 32.2 Å². The molecule has 7 heteroatoms. The van der Waals surface area contributed by atoms with Crippen LogP contribution in [0.15, 0.2) is 24.4 Å². The highest BCUT2D eigenvalue weighted by atomic mass is 32.1. The first-order valence-electron chi connectivity index (χ1n) is 7.16. The molecule has 0 spiro atoms. The second kappa shape index (κ2) is 6.41. The monoisotopic (exact) mass is 321 g/mol. The van der Waals surface area contributed by atoms with E-state index >= 15 is 0 Å². The van der Waals surface area contributed by atoms with Crippen molar-refractivity contribution in [3.63, 3.8) is 0 Å². The summed E-state index contributed by atoms with van der Waals surface area (Å²) in [7, 11) is 1.64. The van der Waals surface area contributed by atoms with E-state index in [2.05, 4.69) is 4.98 Å². The molecule has 0 aliphatic carbocycles. The fourth-order valence-corrected chi connectivity index (χ4v) is 2.99. The van der Waals surface area contributed by atoms with Gasteiger partial charge in [-0.15, -0.1) is 0 Å². The third kappa shape index (κ3) is 2.69. The highest BCUT2D eigenvalue weighted by Gasteiger charge is 2.26. The van der Waals surface area contributed by atoms with Crippen LogP contribution in [0.25, 0.3) is 0 Å². The molecule has 0 fully saturated rings. The van der Waals surface area contributed by atoms with Gasteiger partial charge in [0.05, 0.1) is 19.3 Å². The third-order valence-corrected chi connectivity index (χ3v) is 3.98. The standard InChI is InChI=1S/C15H19N3O3S/c1-19-12-4-2-3-10-7-11(9-21-14(10)12)18-13(20-6-5-16)8-17-15(18)22/h2-4,8,11H,5-7,9,16H2,1H3,(H,17,22)/t11-/m1/s1. The van der Waals surface area contributed by atoms with Crippen LogP contribution in [0.4, 0.5) is 0 Å². The molecule has 22 heavy (non-hydrogen) atoms. The van der Waals surface area contributed by atoms with Crippen molar-refractivity contribution in [1.82, 2.24) is 9.55 Å². The Balaban J connectivity index is 1.89. The number of H-pyrrole nitrogens is 1. The van der Waals surface area contributed by atoms with Crippen molar-refractivity contribution in [2.24, 2.45) is 5.73 Å². The van der Waals surface area contributed by atoms with Crippen molar-refractivity contribution < 1.29 is 14.2 Å². The number of aromatic amines is 1. The average molecular weight is 321 g/mol. The number of fused-ring (bicyclic) bond motifs is 1. The molecule has 0 amide bonds. The average Bonchev–Trinajstić information content (AvgIpc) is 2.92. The Bertz CT molecular complexity index is 710. The SMILES string of the molecule is COc1cccc2c1OC[C@H](n1c(OCCN)c[nH]c1=S)C2. The molecule has 1 aliphatic heterocycles. The van der Waals surface area contributed by atoms with Crippen molar-refractivity contribution in [2.45, 2.75) is 12.5 Å². The van der Waals surface area contributed by atoms with Gasteiger partial charge in [0.2, 0.25) is 5.88 Å². The van der Waals surface area contributed by atoms with E-state index in [9.17, 15) is 0 Å². The van der Waals surface area contributed by atoms with Gasteiger partial charge in [-0.3, -0.25) is 4.57 Å². The van der Waals surface area contributed by atoms with Crippen molar-refractivity contribution in [3.8, 4) is 17.4 Å². The second-order valence-electron chi connectivity index (χ2n) is 5.06.